The van der Waals surface area contributed by atoms with Crippen molar-refractivity contribution in [1.82, 2.24) is 10.2 Å². The number of carbonyl (C=O) groups excluding carboxylic acids is 3. The lowest BCUT2D eigenvalue weighted by Crippen LogP contribution is -2.48. The number of nitriles is 1. The van der Waals surface area contributed by atoms with Crippen LogP contribution in [0, 0.1) is 17.1 Å². The zero-order chi connectivity index (χ0) is 22.0. The van der Waals surface area contributed by atoms with Crippen molar-refractivity contribution < 1.29 is 23.5 Å². The lowest BCUT2D eigenvalue weighted by molar-refractivity contribution is -0.135. The van der Waals surface area contributed by atoms with E-state index in [0.29, 0.717) is 17.0 Å². The van der Waals surface area contributed by atoms with Crippen molar-refractivity contribution in [2.24, 2.45) is 0 Å². The normalized spacial score (nSPS) is 19.4. The molecule has 2 aliphatic rings. The molecule has 0 radical (unpaired) electrons. The summed E-state index contributed by atoms with van der Waals surface area (Å²) in [7, 11) is 0. The average molecular weight is 422 g/mol. The van der Waals surface area contributed by atoms with E-state index in [0.717, 1.165) is 4.90 Å². The summed E-state index contributed by atoms with van der Waals surface area (Å²) in [5.41, 5.74) is -0.353. The minimum Gasteiger partial charge on any atom is -0.493 e. The number of nitrogens with zero attached hydrogens (tertiary/aromatic N) is 3. The van der Waals surface area contributed by atoms with Gasteiger partial charge in [-0.2, -0.15) is 5.26 Å². The molecule has 0 saturated carbocycles. The number of ether oxygens (including phenoxy) is 1. The second-order valence-electron chi connectivity index (χ2n) is 7.25. The molecule has 1 spiro atoms. The molecular weight excluding hydrogens is 403 g/mol. The van der Waals surface area contributed by atoms with E-state index in [4.69, 9.17) is 10.00 Å². The molecule has 4 rings (SSSR count). The number of benzene rings is 2. The Balaban J connectivity index is 1.59. The summed E-state index contributed by atoms with van der Waals surface area (Å²) >= 11 is 0. The van der Waals surface area contributed by atoms with Crippen LogP contribution in [-0.2, 0) is 15.1 Å². The maximum Gasteiger partial charge on any atom is 0.325 e. The van der Waals surface area contributed by atoms with Gasteiger partial charge in [-0.15, -0.1) is 0 Å². The maximum absolute atomic E-state index is 13.3. The highest BCUT2D eigenvalue weighted by Crippen LogP contribution is 2.40. The Labute approximate surface area is 177 Å². The lowest BCUT2D eigenvalue weighted by Gasteiger charge is -2.33. The number of para-hydroxylation sites is 1. The Morgan fingerprint density at radius 2 is 1.97 bits per heavy atom. The van der Waals surface area contributed by atoms with Crippen LogP contribution in [0.25, 0.3) is 0 Å². The van der Waals surface area contributed by atoms with Crippen LogP contribution in [0.15, 0.2) is 48.5 Å². The number of carbonyl (C=O) groups is 3. The Morgan fingerprint density at radius 3 is 2.71 bits per heavy atom. The van der Waals surface area contributed by atoms with Gasteiger partial charge in [0.1, 0.15) is 18.1 Å². The molecule has 1 unspecified atom stereocenters. The smallest absolute Gasteiger partial charge is 0.325 e. The molecule has 1 N–H and O–H groups in total. The Kier molecular flexibility index (Phi) is 5.29. The van der Waals surface area contributed by atoms with E-state index in [2.05, 4.69) is 5.32 Å². The van der Waals surface area contributed by atoms with Crippen molar-refractivity contribution in [3.63, 3.8) is 0 Å². The molecule has 9 heteroatoms. The summed E-state index contributed by atoms with van der Waals surface area (Å²) in [4.78, 5) is 41.2. The summed E-state index contributed by atoms with van der Waals surface area (Å²) in [6.07, 6.45) is 0.285. The van der Waals surface area contributed by atoms with Gasteiger partial charge >= 0.3 is 6.03 Å². The van der Waals surface area contributed by atoms with Crippen molar-refractivity contribution in [2.75, 3.05) is 24.6 Å². The second-order valence-corrected chi connectivity index (χ2v) is 7.25. The van der Waals surface area contributed by atoms with Crippen LogP contribution >= 0.6 is 0 Å². The Hall–Kier alpha value is -3.93. The van der Waals surface area contributed by atoms with Gasteiger partial charge in [0.2, 0.25) is 5.91 Å². The molecule has 8 nitrogen and oxygen atoms in total. The van der Waals surface area contributed by atoms with Gasteiger partial charge in [0.15, 0.2) is 5.54 Å². The first-order valence-corrected chi connectivity index (χ1v) is 9.75. The molecule has 2 heterocycles. The van der Waals surface area contributed by atoms with Crippen molar-refractivity contribution in [3.05, 3.63) is 59.9 Å². The fraction of sp³-hybridized carbons (Fsp3) is 0.273. The molecule has 2 aromatic rings. The van der Waals surface area contributed by atoms with E-state index in [1.165, 1.54) is 29.2 Å². The monoisotopic (exact) mass is 422 g/mol. The van der Waals surface area contributed by atoms with Crippen LogP contribution in [0.5, 0.6) is 5.75 Å². The average Bonchev–Trinajstić information content (AvgIpc) is 3.00. The van der Waals surface area contributed by atoms with Gasteiger partial charge in [-0.25, -0.2) is 9.18 Å². The van der Waals surface area contributed by atoms with Crippen molar-refractivity contribution in [1.29, 1.82) is 5.26 Å². The van der Waals surface area contributed by atoms with Gasteiger partial charge in [-0.1, -0.05) is 18.2 Å². The topological polar surface area (TPSA) is 103 Å². The predicted molar refractivity (Wildman–Crippen MR) is 107 cm³/mol. The molecule has 1 atom stereocenters. The molecule has 0 aromatic heterocycles. The molecule has 158 valence electrons. The molecule has 2 aromatic carbocycles. The quantitative estimate of drug-likeness (QED) is 0.745. The van der Waals surface area contributed by atoms with Gasteiger partial charge in [-0.3, -0.25) is 14.5 Å². The first kappa shape index (κ1) is 20.3. The van der Waals surface area contributed by atoms with Crippen LogP contribution < -0.4 is 15.0 Å². The van der Waals surface area contributed by atoms with E-state index in [9.17, 15) is 18.8 Å². The summed E-state index contributed by atoms with van der Waals surface area (Å²) in [5.74, 6) is -1.04. The van der Waals surface area contributed by atoms with Gasteiger partial charge in [-0.05, 0) is 30.3 Å². The van der Waals surface area contributed by atoms with Crippen molar-refractivity contribution >= 4 is 23.5 Å². The number of halogens is 1. The van der Waals surface area contributed by atoms with E-state index in [-0.39, 0.29) is 26.0 Å². The third-order valence-electron chi connectivity index (χ3n) is 5.44. The third-order valence-corrected chi connectivity index (χ3v) is 5.44. The largest absolute Gasteiger partial charge is 0.493 e. The summed E-state index contributed by atoms with van der Waals surface area (Å²) in [6, 6.07) is 13.5. The SMILES string of the molecule is N#CCCN(C(=O)CN1C(=O)NC2(CCOc3ccccc32)C1=O)c1ccc(F)cc1. The molecule has 1 fully saturated rings. The number of urea groups is 1. The number of fused-ring (bicyclic) bond motifs is 2. The summed E-state index contributed by atoms with van der Waals surface area (Å²) in [5, 5.41) is 11.7. The second kappa shape index (κ2) is 8.07. The van der Waals surface area contributed by atoms with E-state index in [1.54, 1.807) is 24.3 Å². The number of nitrogens with one attached hydrogen (secondary N) is 1. The predicted octanol–water partition coefficient (Wildman–Crippen LogP) is 2.30. The Morgan fingerprint density at radius 1 is 1.23 bits per heavy atom. The number of hydrogen-bond donors (Lipinski definition) is 1. The van der Waals surface area contributed by atoms with Gasteiger partial charge < -0.3 is 15.0 Å². The Bertz CT molecular complexity index is 1080. The fourth-order valence-corrected chi connectivity index (χ4v) is 3.92. The zero-order valence-electron chi connectivity index (χ0n) is 16.5. The fourth-order valence-electron chi connectivity index (χ4n) is 3.92. The van der Waals surface area contributed by atoms with Gasteiger partial charge in [0, 0.05) is 24.2 Å². The van der Waals surface area contributed by atoms with Gasteiger partial charge in [0.25, 0.3) is 5.91 Å². The highest BCUT2D eigenvalue weighted by molar-refractivity contribution is 6.11. The maximum atomic E-state index is 13.3. The molecular formula is C22H19FN4O4. The highest BCUT2D eigenvalue weighted by Gasteiger charge is 2.55. The number of amides is 4. The summed E-state index contributed by atoms with van der Waals surface area (Å²) in [6.45, 7) is -0.209. The van der Waals surface area contributed by atoms with Crippen LogP contribution in [0.2, 0.25) is 0 Å². The minimum atomic E-state index is -1.28. The van der Waals surface area contributed by atoms with Crippen molar-refractivity contribution in [2.45, 2.75) is 18.4 Å². The lowest BCUT2D eigenvalue weighted by atomic mass is 9.84. The number of imide groups is 1. The van der Waals surface area contributed by atoms with Crippen LogP contribution in [0.1, 0.15) is 18.4 Å². The van der Waals surface area contributed by atoms with E-state index < -0.39 is 35.7 Å². The molecule has 4 amide bonds. The van der Waals surface area contributed by atoms with Crippen LogP contribution in [-0.4, -0.2) is 42.4 Å². The van der Waals surface area contributed by atoms with Crippen LogP contribution in [0.4, 0.5) is 14.9 Å². The number of rotatable bonds is 5. The minimum absolute atomic E-state index is 0.0396. The zero-order valence-corrected chi connectivity index (χ0v) is 16.5. The molecule has 0 aliphatic carbocycles. The van der Waals surface area contributed by atoms with Crippen molar-refractivity contribution in [3.8, 4) is 11.8 Å². The van der Waals surface area contributed by atoms with E-state index >= 15 is 0 Å². The van der Waals surface area contributed by atoms with Crippen LogP contribution in [0.3, 0.4) is 0 Å². The standard InChI is InChI=1S/C22H19FN4O4/c23-15-6-8-16(9-7-15)26(12-3-11-24)19(28)14-27-20(29)22(25-21(27)30)10-13-31-18-5-2-1-4-17(18)22/h1-2,4-9H,3,10,12-14H2,(H,25,30). The highest BCUT2D eigenvalue weighted by atomic mass is 19.1. The van der Waals surface area contributed by atoms with E-state index in [1.807, 2.05) is 6.07 Å². The summed E-state index contributed by atoms with van der Waals surface area (Å²) < 4.78 is 18.9. The molecule has 2 aliphatic heterocycles. The first-order chi connectivity index (χ1) is 15.0. The molecule has 31 heavy (non-hydrogen) atoms. The van der Waals surface area contributed by atoms with Gasteiger partial charge in [0.05, 0.1) is 19.1 Å². The number of hydrogen-bond acceptors (Lipinski definition) is 5. The number of anilines is 1. The molecule has 0 bridgehead atoms. The molecule has 1 saturated heterocycles. The first-order valence-electron chi connectivity index (χ1n) is 9.75. The third kappa shape index (κ3) is 3.57.